The van der Waals surface area contributed by atoms with Gasteiger partial charge in [-0.15, -0.1) is 0 Å². The van der Waals surface area contributed by atoms with E-state index in [1.54, 1.807) is 12.1 Å². The van der Waals surface area contributed by atoms with Gasteiger partial charge in [0.25, 0.3) is 0 Å². The summed E-state index contributed by atoms with van der Waals surface area (Å²) in [6, 6.07) is 15.3. The third kappa shape index (κ3) is 3.36. The summed E-state index contributed by atoms with van der Waals surface area (Å²) in [5.74, 6) is 0.260. The van der Waals surface area contributed by atoms with Crippen molar-refractivity contribution in [1.29, 1.82) is 5.41 Å². The Morgan fingerprint density at radius 1 is 1.07 bits per heavy atom. The number of para-hydroxylation sites is 1. The predicted octanol–water partition coefficient (Wildman–Crippen LogP) is 5.01. The summed E-state index contributed by atoms with van der Waals surface area (Å²) in [5.41, 5.74) is 6.72. The van der Waals surface area contributed by atoms with Crippen molar-refractivity contribution < 1.29 is 5.11 Å². The van der Waals surface area contributed by atoms with Crippen LogP contribution in [0.5, 0.6) is 5.75 Å². The van der Waals surface area contributed by atoms with Gasteiger partial charge < -0.3 is 15.4 Å². The number of aromatic amines is 1. The second-order valence-corrected chi connectivity index (χ2v) is 6.08. The van der Waals surface area contributed by atoms with Gasteiger partial charge in [-0.1, -0.05) is 38.1 Å². The molecule has 3 aromatic rings. The molecule has 4 N–H and O–H groups in total. The number of H-pyrrole nitrogens is 1. The molecule has 0 saturated heterocycles. The van der Waals surface area contributed by atoms with Crippen molar-refractivity contribution in [3.8, 4) is 5.75 Å². The Labute approximate surface area is 159 Å². The Morgan fingerprint density at radius 2 is 1.85 bits per heavy atom. The number of aryl methyl sites for hydroxylation is 1. The number of phenolic OH excluding ortho intramolecular Hbond substituents is 1. The monoisotopic (exact) mass is 360 g/mol. The number of anilines is 1. The molecule has 1 aliphatic rings. The number of rotatable bonds is 2. The third-order valence-electron chi connectivity index (χ3n) is 4.57. The fourth-order valence-corrected chi connectivity index (χ4v) is 3.44. The van der Waals surface area contributed by atoms with Gasteiger partial charge in [0.15, 0.2) is 0 Å². The maximum Gasteiger partial charge on any atom is 0.115 e. The van der Waals surface area contributed by atoms with Crippen molar-refractivity contribution in [2.24, 2.45) is 4.99 Å². The van der Waals surface area contributed by atoms with Crippen molar-refractivity contribution in [3.05, 3.63) is 82.7 Å². The maximum absolute atomic E-state index is 9.75. The molecule has 5 nitrogen and oxygen atoms in total. The summed E-state index contributed by atoms with van der Waals surface area (Å²) < 4.78 is 0. The van der Waals surface area contributed by atoms with Gasteiger partial charge in [-0.3, -0.25) is 5.41 Å². The predicted molar refractivity (Wildman–Crippen MR) is 111 cm³/mol. The van der Waals surface area contributed by atoms with E-state index in [1.165, 1.54) is 0 Å². The maximum atomic E-state index is 9.75. The summed E-state index contributed by atoms with van der Waals surface area (Å²) in [5, 5.41) is 20.8. The number of aromatic hydroxyl groups is 1. The van der Waals surface area contributed by atoms with E-state index in [4.69, 9.17) is 5.41 Å². The van der Waals surface area contributed by atoms with Crippen molar-refractivity contribution in [3.63, 3.8) is 0 Å². The topological polar surface area (TPSA) is 84.3 Å². The molecule has 138 valence electrons. The molecule has 4 rings (SSSR count). The Balaban J connectivity index is 0.00000102. The van der Waals surface area contributed by atoms with Gasteiger partial charge in [0.1, 0.15) is 12.1 Å². The largest absolute Gasteiger partial charge is 0.508 e. The summed E-state index contributed by atoms with van der Waals surface area (Å²) in [6.07, 6.45) is 2.96. The standard InChI is InChI=1S/C20H18N4O.C2H6/c1-12-10-13(25)6-7-14(12)18-16-8-9-22-20(16)19(23-11-21)15-4-2-3-5-17(15)24-18;1-2/h2-11,18,21-22,24-25H,1H3;1-2H3. The van der Waals surface area contributed by atoms with Crippen LogP contribution in [-0.4, -0.2) is 22.1 Å². The van der Waals surface area contributed by atoms with E-state index in [0.29, 0.717) is 0 Å². The number of phenols is 1. The first-order valence-electron chi connectivity index (χ1n) is 9.09. The molecular formula is C22H24N4O. The zero-order valence-corrected chi connectivity index (χ0v) is 15.7. The smallest absolute Gasteiger partial charge is 0.115 e. The molecule has 0 radical (unpaired) electrons. The molecule has 1 aliphatic heterocycles. The lowest BCUT2D eigenvalue weighted by molar-refractivity contribution is 0.474. The van der Waals surface area contributed by atoms with Crippen molar-refractivity contribution in [2.75, 3.05) is 5.32 Å². The zero-order chi connectivity index (χ0) is 19.4. The molecule has 5 heteroatoms. The van der Waals surface area contributed by atoms with Crippen molar-refractivity contribution in [1.82, 2.24) is 4.98 Å². The average Bonchev–Trinajstić information content (AvgIpc) is 3.12. The molecule has 27 heavy (non-hydrogen) atoms. The average molecular weight is 360 g/mol. The lowest BCUT2D eigenvalue weighted by atomic mass is 9.94. The zero-order valence-electron chi connectivity index (χ0n) is 15.7. The Morgan fingerprint density at radius 3 is 2.59 bits per heavy atom. The van der Waals surface area contributed by atoms with Crippen LogP contribution in [0.1, 0.15) is 47.8 Å². The van der Waals surface area contributed by atoms with E-state index < -0.39 is 0 Å². The Bertz CT molecular complexity index is 987. The van der Waals surface area contributed by atoms with Crippen LogP contribution >= 0.6 is 0 Å². The minimum absolute atomic E-state index is 0.0820. The summed E-state index contributed by atoms with van der Waals surface area (Å²) in [4.78, 5) is 7.59. The Kier molecular flexibility index (Phi) is 5.41. The highest BCUT2D eigenvalue weighted by Gasteiger charge is 2.28. The van der Waals surface area contributed by atoms with Gasteiger partial charge in [-0.25, -0.2) is 4.99 Å². The minimum atomic E-state index is -0.0820. The number of aromatic nitrogens is 1. The number of fused-ring (bicyclic) bond motifs is 2. The van der Waals surface area contributed by atoms with Gasteiger partial charge in [-0.05, 0) is 42.3 Å². The number of nitrogens with one attached hydrogen (secondary N) is 3. The molecule has 0 saturated carbocycles. The Hall–Kier alpha value is -3.34. The van der Waals surface area contributed by atoms with Crippen LogP contribution in [0.2, 0.25) is 0 Å². The number of aliphatic imine (C=N–C) groups is 1. The molecule has 0 bridgehead atoms. The van der Waals surface area contributed by atoms with E-state index in [-0.39, 0.29) is 11.8 Å². The molecular weight excluding hydrogens is 336 g/mol. The van der Waals surface area contributed by atoms with Crippen LogP contribution in [-0.2, 0) is 0 Å². The normalized spacial score (nSPS) is 16.3. The lowest BCUT2D eigenvalue weighted by Gasteiger charge is -2.21. The first kappa shape index (κ1) is 18.5. The van der Waals surface area contributed by atoms with E-state index in [9.17, 15) is 5.11 Å². The van der Waals surface area contributed by atoms with E-state index in [2.05, 4.69) is 15.3 Å². The first-order chi connectivity index (χ1) is 13.2. The molecule has 0 aliphatic carbocycles. The van der Waals surface area contributed by atoms with Gasteiger partial charge in [0, 0.05) is 23.0 Å². The summed E-state index contributed by atoms with van der Waals surface area (Å²) >= 11 is 0. The van der Waals surface area contributed by atoms with Crippen LogP contribution in [0.4, 0.5) is 5.69 Å². The van der Waals surface area contributed by atoms with Crippen LogP contribution in [0, 0.1) is 12.3 Å². The summed E-state index contributed by atoms with van der Waals surface area (Å²) in [7, 11) is 0. The fourth-order valence-electron chi connectivity index (χ4n) is 3.44. The second kappa shape index (κ2) is 7.91. The van der Waals surface area contributed by atoms with Gasteiger partial charge >= 0.3 is 0 Å². The molecule has 2 aromatic carbocycles. The fraction of sp³-hybridized carbons (Fsp3) is 0.182. The van der Waals surface area contributed by atoms with Crippen molar-refractivity contribution in [2.45, 2.75) is 26.8 Å². The number of hydrogen-bond donors (Lipinski definition) is 4. The molecule has 1 aromatic heterocycles. The lowest BCUT2D eigenvalue weighted by Crippen LogP contribution is -2.13. The van der Waals surface area contributed by atoms with Crippen LogP contribution in [0.3, 0.4) is 0 Å². The molecule has 0 amide bonds. The van der Waals surface area contributed by atoms with Crippen molar-refractivity contribution >= 4 is 17.7 Å². The van der Waals surface area contributed by atoms with E-state index in [1.807, 2.05) is 63.4 Å². The highest BCUT2D eigenvalue weighted by molar-refractivity contribution is 6.18. The highest BCUT2D eigenvalue weighted by Crippen LogP contribution is 2.37. The minimum Gasteiger partial charge on any atom is -0.508 e. The van der Waals surface area contributed by atoms with Gasteiger partial charge in [-0.2, -0.15) is 0 Å². The summed E-state index contributed by atoms with van der Waals surface area (Å²) in [6.45, 7) is 5.99. The van der Waals surface area contributed by atoms with Gasteiger partial charge in [0.2, 0.25) is 0 Å². The van der Waals surface area contributed by atoms with E-state index in [0.717, 1.165) is 45.7 Å². The van der Waals surface area contributed by atoms with Gasteiger partial charge in [0.05, 0.1) is 17.4 Å². The quantitative estimate of drug-likeness (QED) is 0.382. The van der Waals surface area contributed by atoms with Crippen LogP contribution in [0.25, 0.3) is 0 Å². The number of benzene rings is 2. The van der Waals surface area contributed by atoms with Crippen LogP contribution < -0.4 is 5.32 Å². The highest BCUT2D eigenvalue weighted by atomic mass is 16.3. The second-order valence-electron chi connectivity index (χ2n) is 6.08. The molecule has 2 heterocycles. The van der Waals surface area contributed by atoms with E-state index >= 15 is 0 Å². The number of nitrogens with zero attached hydrogens (tertiary/aromatic N) is 1. The number of hydrogen-bond acceptors (Lipinski definition) is 3. The first-order valence-corrected chi connectivity index (χ1v) is 9.09. The molecule has 0 spiro atoms. The third-order valence-corrected chi connectivity index (χ3v) is 4.57. The molecule has 1 atom stereocenters. The SMILES string of the molecule is CC.Cc1cc(O)ccc1C1Nc2ccccc2C(=NC=N)c2[nH]ccc21. The molecule has 0 fully saturated rings. The molecule has 1 unspecified atom stereocenters. The van der Waals surface area contributed by atoms with Crippen LogP contribution in [0.15, 0.2) is 59.7 Å².